The second-order valence-electron chi connectivity index (χ2n) is 8.33. The van der Waals surface area contributed by atoms with Crippen LogP contribution in [0.4, 0.5) is 4.39 Å². The van der Waals surface area contributed by atoms with Gasteiger partial charge in [-0.05, 0) is 41.3 Å². The fourth-order valence-corrected chi connectivity index (χ4v) is 4.30. The lowest BCUT2D eigenvalue weighted by molar-refractivity contribution is -0.140. The molecule has 0 saturated heterocycles. The molecule has 1 aliphatic heterocycles. The average molecular weight is 482 g/mol. The zero-order valence-electron chi connectivity index (χ0n) is 18.8. The third-order valence-electron chi connectivity index (χ3n) is 6.07. The van der Waals surface area contributed by atoms with Gasteiger partial charge in [0.25, 0.3) is 5.91 Å². The van der Waals surface area contributed by atoms with Crippen LogP contribution in [-0.4, -0.2) is 62.3 Å². The third-order valence-corrected chi connectivity index (χ3v) is 6.07. The Kier molecular flexibility index (Phi) is 6.50. The highest BCUT2D eigenvalue weighted by molar-refractivity contribution is 6.03. The maximum absolute atomic E-state index is 13.2. The van der Waals surface area contributed by atoms with Crippen molar-refractivity contribution in [2.45, 2.75) is 38.4 Å². The lowest BCUT2D eigenvalue weighted by Crippen LogP contribution is -2.52. The number of halogens is 1. The van der Waals surface area contributed by atoms with Crippen LogP contribution in [0, 0.1) is 0 Å². The van der Waals surface area contributed by atoms with Gasteiger partial charge in [-0.1, -0.05) is 25.1 Å². The van der Waals surface area contributed by atoms with Gasteiger partial charge in [0.1, 0.15) is 18.8 Å². The molecular weight excluding hydrogens is 459 g/mol. The van der Waals surface area contributed by atoms with E-state index in [-0.39, 0.29) is 24.6 Å². The first-order valence-corrected chi connectivity index (χ1v) is 11.0. The number of alkyl halides is 1. The van der Waals surface area contributed by atoms with E-state index in [0.29, 0.717) is 22.2 Å². The van der Waals surface area contributed by atoms with Crippen LogP contribution in [0.3, 0.4) is 0 Å². The first-order chi connectivity index (χ1) is 16.7. The topological polar surface area (TPSA) is 152 Å². The Bertz CT molecular complexity index is 1390. The largest absolute Gasteiger partial charge is 0.481 e. The van der Waals surface area contributed by atoms with Crippen LogP contribution >= 0.6 is 0 Å². The Morgan fingerprint density at radius 3 is 2.46 bits per heavy atom. The van der Waals surface area contributed by atoms with E-state index in [0.717, 1.165) is 11.1 Å². The minimum Gasteiger partial charge on any atom is -0.481 e. The van der Waals surface area contributed by atoms with Gasteiger partial charge in [-0.25, -0.2) is 9.18 Å². The number of carboxylic acid groups (broad SMARTS) is 1. The van der Waals surface area contributed by atoms with Crippen LogP contribution in [0.2, 0.25) is 0 Å². The number of nitrogens with zero attached hydrogens (tertiary/aromatic N) is 1. The molecular formula is C24H23FN4O6. The van der Waals surface area contributed by atoms with Crippen molar-refractivity contribution < 1.29 is 28.7 Å². The molecule has 2 amide bonds. The monoisotopic (exact) mass is 482 g/mol. The highest BCUT2D eigenvalue weighted by atomic mass is 19.1. The summed E-state index contributed by atoms with van der Waals surface area (Å²) in [5.74, 6) is -3.50. The van der Waals surface area contributed by atoms with E-state index in [1.165, 1.54) is 4.90 Å². The molecule has 182 valence electrons. The lowest BCUT2D eigenvalue weighted by Gasteiger charge is -2.27. The fourth-order valence-electron chi connectivity index (χ4n) is 4.30. The molecule has 35 heavy (non-hydrogen) atoms. The molecule has 0 aliphatic carbocycles. The number of aliphatic carboxylic acids is 1. The van der Waals surface area contributed by atoms with E-state index in [2.05, 4.69) is 15.3 Å². The van der Waals surface area contributed by atoms with Crippen LogP contribution in [0.25, 0.3) is 22.2 Å². The number of carboxylic acids is 1. The smallest absolute Gasteiger partial charge is 0.323 e. The lowest BCUT2D eigenvalue weighted by atomic mass is 10.00. The molecule has 2 aromatic carbocycles. The maximum Gasteiger partial charge on any atom is 0.323 e. The van der Waals surface area contributed by atoms with Gasteiger partial charge >= 0.3 is 11.7 Å². The summed E-state index contributed by atoms with van der Waals surface area (Å²) in [5.41, 5.74) is 3.62. The molecule has 10 nitrogen and oxygen atoms in total. The first-order valence-electron chi connectivity index (χ1n) is 11.0. The molecule has 2 unspecified atom stereocenters. The standard InChI is InChI=1S/C24H23FN4O6/c1-2-19(22(33)26-18(9-21(31)32)20(30)10-25)29-11-14-4-3-12(7-15(14)23(29)34)13-5-6-16-17(8-13)28-24(35)27-16/h3-8,18-19H,2,9-11H2,1H3,(H,26,33)(H,31,32)(H2,27,28,35). The number of amides is 2. The SMILES string of the molecule is CCC(C(=O)NC(CC(=O)O)C(=O)CF)N1Cc2ccc(-c3ccc4[nH]c(=O)[nH]c4c3)cc2C1=O. The van der Waals surface area contributed by atoms with Gasteiger partial charge in [-0.3, -0.25) is 19.2 Å². The summed E-state index contributed by atoms with van der Waals surface area (Å²) in [6.07, 6.45) is -0.543. The van der Waals surface area contributed by atoms with Crippen molar-refractivity contribution in [3.05, 3.63) is 58.0 Å². The maximum atomic E-state index is 13.2. The molecule has 3 aromatic rings. The number of imidazole rings is 1. The molecule has 0 radical (unpaired) electrons. The van der Waals surface area contributed by atoms with E-state index in [9.17, 15) is 28.4 Å². The van der Waals surface area contributed by atoms with Crippen molar-refractivity contribution >= 4 is 34.6 Å². The molecule has 0 fully saturated rings. The number of aromatic nitrogens is 2. The first kappa shape index (κ1) is 23.9. The Balaban J connectivity index is 1.56. The minimum atomic E-state index is -1.51. The molecule has 4 N–H and O–H groups in total. The van der Waals surface area contributed by atoms with E-state index < -0.39 is 42.8 Å². The number of nitrogens with one attached hydrogen (secondary N) is 3. The number of carbonyl (C=O) groups is 4. The highest BCUT2D eigenvalue weighted by Gasteiger charge is 2.37. The van der Waals surface area contributed by atoms with Crippen LogP contribution in [0.15, 0.2) is 41.2 Å². The van der Waals surface area contributed by atoms with Gasteiger partial charge in [-0.2, -0.15) is 0 Å². The van der Waals surface area contributed by atoms with Crippen LogP contribution in [-0.2, 0) is 20.9 Å². The van der Waals surface area contributed by atoms with Crippen LogP contribution < -0.4 is 11.0 Å². The molecule has 4 rings (SSSR count). The number of Topliss-reactive ketones (excluding diaryl/α,β-unsaturated/α-hetero) is 1. The molecule has 2 atom stereocenters. The summed E-state index contributed by atoms with van der Waals surface area (Å²) in [6, 6.07) is 8.23. The van der Waals surface area contributed by atoms with Gasteiger partial charge in [0.05, 0.1) is 17.5 Å². The van der Waals surface area contributed by atoms with Gasteiger partial charge < -0.3 is 25.3 Å². The van der Waals surface area contributed by atoms with E-state index in [1.807, 2.05) is 12.1 Å². The molecule has 11 heteroatoms. The molecule has 1 aromatic heterocycles. The quantitative estimate of drug-likeness (QED) is 0.365. The number of ketones is 1. The molecule has 0 spiro atoms. The Labute approximate surface area is 198 Å². The molecule has 0 bridgehead atoms. The Hall–Kier alpha value is -4.28. The average Bonchev–Trinajstić information content (AvgIpc) is 3.36. The summed E-state index contributed by atoms with van der Waals surface area (Å²) in [4.78, 5) is 67.1. The van der Waals surface area contributed by atoms with E-state index in [1.54, 1.807) is 31.2 Å². The summed E-state index contributed by atoms with van der Waals surface area (Å²) in [7, 11) is 0. The van der Waals surface area contributed by atoms with E-state index >= 15 is 0 Å². The Morgan fingerprint density at radius 2 is 1.77 bits per heavy atom. The predicted octanol–water partition coefficient (Wildman–Crippen LogP) is 1.76. The summed E-state index contributed by atoms with van der Waals surface area (Å²) in [5, 5.41) is 11.3. The number of rotatable bonds is 9. The van der Waals surface area contributed by atoms with Gasteiger partial charge in [-0.15, -0.1) is 0 Å². The number of fused-ring (bicyclic) bond motifs is 2. The second-order valence-corrected chi connectivity index (χ2v) is 8.33. The van der Waals surface area contributed by atoms with Crippen molar-refractivity contribution in [2.75, 3.05) is 6.67 Å². The fraction of sp³-hybridized carbons (Fsp3) is 0.292. The number of hydrogen-bond acceptors (Lipinski definition) is 5. The molecule has 0 saturated carbocycles. The van der Waals surface area contributed by atoms with Crippen molar-refractivity contribution in [1.29, 1.82) is 0 Å². The number of benzene rings is 2. The summed E-state index contributed by atoms with van der Waals surface area (Å²) < 4.78 is 12.9. The Morgan fingerprint density at radius 1 is 1.09 bits per heavy atom. The van der Waals surface area contributed by atoms with Crippen LogP contribution in [0.5, 0.6) is 0 Å². The zero-order chi connectivity index (χ0) is 25.3. The van der Waals surface area contributed by atoms with Crippen molar-refractivity contribution in [2.24, 2.45) is 0 Å². The molecule has 1 aliphatic rings. The van der Waals surface area contributed by atoms with Crippen molar-refractivity contribution in [3.8, 4) is 11.1 Å². The summed E-state index contributed by atoms with van der Waals surface area (Å²) in [6.45, 7) is 0.432. The van der Waals surface area contributed by atoms with Gasteiger partial charge in [0.2, 0.25) is 5.91 Å². The number of aromatic amines is 2. The van der Waals surface area contributed by atoms with Gasteiger partial charge in [0, 0.05) is 12.1 Å². The van der Waals surface area contributed by atoms with Crippen molar-refractivity contribution in [1.82, 2.24) is 20.2 Å². The third kappa shape index (κ3) is 4.70. The second kappa shape index (κ2) is 9.53. The molecule has 2 heterocycles. The zero-order valence-corrected chi connectivity index (χ0v) is 18.8. The number of hydrogen-bond donors (Lipinski definition) is 4. The number of H-pyrrole nitrogens is 2. The number of carbonyl (C=O) groups excluding carboxylic acids is 3. The summed E-state index contributed by atoms with van der Waals surface area (Å²) >= 11 is 0. The van der Waals surface area contributed by atoms with Crippen LogP contribution in [0.1, 0.15) is 35.7 Å². The highest BCUT2D eigenvalue weighted by Crippen LogP contribution is 2.31. The predicted molar refractivity (Wildman–Crippen MR) is 123 cm³/mol. The minimum absolute atomic E-state index is 0.158. The van der Waals surface area contributed by atoms with E-state index in [4.69, 9.17) is 5.11 Å². The van der Waals surface area contributed by atoms with Crippen molar-refractivity contribution in [3.63, 3.8) is 0 Å². The normalized spacial score (nSPS) is 14.6. The van der Waals surface area contributed by atoms with Gasteiger partial charge in [0.15, 0.2) is 5.78 Å².